The van der Waals surface area contributed by atoms with Crippen molar-refractivity contribution in [3.8, 4) is 45.3 Å². The summed E-state index contributed by atoms with van der Waals surface area (Å²) in [6.45, 7) is 26.6. The lowest BCUT2D eigenvalue weighted by atomic mass is 9.84. The van der Waals surface area contributed by atoms with Crippen LogP contribution in [-0.4, -0.2) is 79.9 Å². The molecule has 4 aliphatic heterocycles. The van der Waals surface area contributed by atoms with E-state index in [4.69, 9.17) is 4.98 Å². The fourth-order valence-corrected chi connectivity index (χ4v) is 16.5. The second kappa shape index (κ2) is 17.9. The first-order valence-corrected chi connectivity index (χ1v) is 31.5. The number of aromatic nitrogens is 19. The summed E-state index contributed by atoms with van der Waals surface area (Å²) in [5, 5.41) is 0. The summed E-state index contributed by atoms with van der Waals surface area (Å²) in [7, 11) is 4.21. The van der Waals surface area contributed by atoms with Crippen LogP contribution < -0.4 is 9.13 Å². The summed E-state index contributed by atoms with van der Waals surface area (Å²) in [5.41, 5.74) is 26.3. The zero-order chi connectivity index (χ0) is 63.1. The number of benzene rings is 5. The molecule has 0 atom stereocenters. The fourth-order valence-electron chi connectivity index (χ4n) is 16.5. The molecule has 16 heterocycles. The second-order valence-corrected chi connectivity index (χ2v) is 27.4. The molecular weight excluding hydrogens is 1140 g/mol. The summed E-state index contributed by atoms with van der Waals surface area (Å²) in [4.78, 5) is 32.5. The van der Waals surface area contributed by atoms with E-state index in [2.05, 4.69) is 285 Å². The van der Waals surface area contributed by atoms with Gasteiger partial charge in [0.1, 0.15) is 41.9 Å². The molecule has 17 aromatic rings. The van der Waals surface area contributed by atoms with Gasteiger partial charge in [0.15, 0.2) is 6.20 Å². The molecule has 454 valence electrons. The third kappa shape index (κ3) is 6.60. The number of rotatable bonds is 0. The molecule has 0 fully saturated rings. The third-order valence-corrected chi connectivity index (χ3v) is 20.7. The molecule has 92 heavy (non-hydrogen) atoms. The molecule has 19 nitrogen and oxygen atoms in total. The first-order chi connectivity index (χ1) is 44.2. The maximum Gasteiger partial charge on any atom is 0.286 e. The molecule has 5 aromatic carbocycles. The maximum absolute atomic E-state index is 5.01. The molecule has 0 N–H and O–H groups in total. The molecule has 0 aliphatic carbocycles. The standard InChI is InChI=1S/C20H17N5.C19H19N4.C18H18N5.C16H15N5/c1-12-8-9-15-17-16(12)18-22-13-6-4-5-7-14(13)24(18)20(2,3)25(17)19-21-10-11-23(15)19;1-12-7-8-14-17-15(12)16-13(6-5-10-21(16)4)19(2,3)23(17)18-20-9-11-22(14)18;1-11-5-6-13-16-14(11)15-12(9-19-10-21(15)4)18(2,3)23(16)17-20-7-8-22(13)17;1-10-4-5-11-13-12(10)14-17-7-9-20(14)16(2,3)21(13)15-18-6-8-19(11)15/h4-11H,1-3H3;5-11H,1-4H3;5-10H,1-4H3;4-9H,1-3H3/q;2*+1;. The fraction of sp³-hybridized carbons (Fsp3) is 0.247. The molecule has 0 unspecified atom stereocenters. The summed E-state index contributed by atoms with van der Waals surface area (Å²) in [6.07, 6.45) is 25.6. The minimum absolute atomic E-state index is 0.149. The van der Waals surface area contributed by atoms with Crippen LogP contribution in [0.1, 0.15) is 88.8 Å². The number of fused-ring (bicyclic) bond motifs is 22. The number of nitrogens with zero attached hydrogens (tertiary/aromatic N) is 19. The SMILES string of the molecule is Cc1ccc2c3c1-c1c(ccc[n+]1C)C(C)(C)n3c1nccn21.Cc1ccc2c3c1-c1c(cnc[n+]1C)C(C)(C)n3c1nccn21.Cc1ccc2c3c1-c1nc4ccccc4n1C(C)(C)n3c1nccn21.Cc1ccc2c3c1-c1nccn1C(C)(C)n3c1nccn21. The lowest BCUT2D eigenvalue weighted by molar-refractivity contribution is -0.664. The van der Waals surface area contributed by atoms with Crippen LogP contribution in [0.4, 0.5) is 0 Å². The molecular formula is C73H69N19+2. The minimum atomic E-state index is -0.305. The third-order valence-electron chi connectivity index (χ3n) is 20.7. The molecule has 21 rings (SSSR count). The van der Waals surface area contributed by atoms with E-state index in [1.807, 2.05) is 62.1 Å². The second-order valence-electron chi connectivity index (χ2n) is 27.4. The summed E-state index contributed by atoms with van der Waals surface area (Å²) in [5.74, 6) is 6.01. The Morgan fingerprint density at radius 2 is 0.815 bits per heavy atom. The Hall–Kier alpha value is -11.0. The molecule has 12 aromatic heterocycles. The van der Waals surface area contributed by atoms with Crippen LogP contribution >= 0.6 is 0 Å². The van der Waals surface area contributed by atoms with Crippen LogP contribution in [0.2, 0.25) is 0 Å². The largest absolute Gasteiger partial charge is 0.307 e. The number of hydrogen-bond acceptors (Lipinski definition) is 7. The molecule has 19 heteroatoms. The monoisotopic (exact) mass is 1210 g/mol. The van der Waals surface area contributed by atoms with Crippen LogP contribution in [0.5, 0.6) is 0 Å². The van der Waals surface area contributed by atoms with Gasteiger partial charge >= 0.3 is 0 Å². The lowest BCUT2D eigenvalue weighted by Crippen LogP contribution is -2.40. The van der Waals surface area contributed by atoms with E-state index in [0.717, 1.165) is 45.8 Å². The highest BCUT2D eigenvalue weighted by molar-refractivity contribution is 6.02. The number of aryl methyl sites for hydroxylation is 6. The highest BCUT2D eigenvalue weighted by Crippen LogP contribution is 2.50. The number of pyridine rings is 1. The van der Waals surface area contributed by atoms with E-state index in [-0.39, 0.29) is 22.4 Å². The molecule has 0 saturated carbocycles. The Bertz CT molecular complexity index is 5870. The van der Waals surface area contributed by atoms with Crippen molar-refractivity contribution in [2.24, 2.45) is 14.1 Å². The smallest absolute Gasteiger partial charge is 0.286 e. The Balaban J connectivity index is 0.0000000908. The van der Waals surface area contributed by atoms with Crippen LogP contribution in [0.3, 0.4) is 0 Å². The van der Waals surface area contributed by atoms with Crippen molar-refractivity contribution in [2.45, 2.75) is 105 Å². The first-order valence-electron chi connectivity index (χ1n) is 31.5. The van der Waals surface area contributed by atoms with Crippen molar-refractivity contribution in [1.82, 2.24) is 79.9 Å². The van der Waals surface area contributed by atoms with Crippen LogP contribution in [0.25, 0.3) is 124 Å². The van der Waals surface area contributed by atoms with Crippen molar-refractivity contribution >= 4 is 78.3 Å². The lowest BCUT2D eigenvalue weighted by Gasteiger charge is -2.36. The van der Waals surface area contributed by atoms with Gasteiger partial charge < -0.3 is 4.57 Å². The minimum Gasteiger partial charge on any atom is -0.307 e. The van der Waals surface area contributed by atoms with Gasteiger partial charge in [0.05, 0.1) is 95.5 Å². The molecule has 0 radical (unpaired) electrons. The van der Waals surface area contributed by atoms with Crippen molar-refractivity contribution in [3.05, 3.63) is 199 Å². The predicted octanol–water partition coefficient (Wildman–Crippen LogP) is 13.0. The van der Waals surface area contributed by atoms with Gasteiger partial charge in [-0.25, -0.2) is 39.0 Å². The summed E-state index contributed by atoms with van der Waals surface area (Å²) in [6, 6.07) is 30.3. The van der Waals surface area contributed by atoms with Crippen molar-refractivity contribution in [2.75, 3.05) is 0 Å². The normalized spacial score (nSPS) is 15.4. The van der Waals surface area contributed by atoms with E-state index in [1.54, 1.807) is 0 Å². The average Bonchev–Trinajstić information content (AvgIpc) is 1.53. The van der Waals surface area contributed by atoms with Gasteiger partial charge in [-0.05, 0) is 148 Å². The number of imidazole rings is 10. The Labute approximate surface area is 528 Å². The molecule has 0 amide bonds. The quantitative estimate of drug-likeness (QED) is 0.137. The van der Waals surface area contributed by atoms with E-state index in [1.165, 1.54) is 111 Å². The van der Waals surface area contributed by atoms with Crippen molar-refractivity contribution in [1.29, 1.82) is 0 Å². The average molecular weight is 1210 g/mol. The summed E-state index contributed by atoms with van der Waals surface area (Å²) < 4.78 is 27.1. The molecule has 0 spiro atoms. The van der Waals surface area contributed by atoms with E-state index in [0.29, 0.717) is 0 Å². The highest BCUT2D eigenvalue weighted by Gasteiger charge is 2.44. The molecule has 0 bridgehead atoms. The van der Waals surface area contributed by atoms with E-state index in [9.17, 15) is 0 Å². The molecule has 0 saturated heterocycles. The van der Waals surface area contributed by atoms with Gasteiger partial charge in [0.25, 0.3) is 6.33 Å². The Morgan fingerprint density at radius 3 is 1.35 bits per heavy atom. The maximum atomic E-state index is 5.01. The van der Waals surface area contributed by atoms with Crippen LogP contribution in [0.15, 0.2) is 166 Å². The van der Waals surface area contributed by atoms with E-state index >= 15 is 0 Å². The Kier molecular flexibility index (Phi) is 10.5. The van der Waals surface area contributed by atoms with Crippen LogP contribution in [0, 0.1) is 27.7 Å². The first kappa shape index (κ1) is 54.0. The van der Waals surface area contributed by atoms with Gasteiger partial charge in [0.2, 0.25) is 28.8 Å². The van der Waals surface area contributed by atoms with Gasteiger partial charge in [0, 0.05) is 79.2 Å². The van der Waals surface area contributed by atoms with Gasteiger partial charge in [-0.1, -0.05) is 41.4 Å². The van der Waals surface area contributed by atoms with Crippen molar-refractivity contribution in [3.63, 3.8) is 0 Å². The van der Waals surface area contributed by atoms with E-state index < -0.39 is 0 Å². The summed E-state index contributed by atoms with van der Waals surface area (Å²) >= 11 is 0. The number of hydrogen-bond donors (Lipinski definition) is 0. The Morgan fingerprint density at radius 1 is 0.380 bits per heavy atom. The van der Waals surface area contributed by atoms with Gasteiger partial charge in [-0.15, -0.1) is 0 Å². The zero-order valence-electron chi connectivity index (χ0n) is 54.1. The van der Waals surface area contributed by atoms with Gasteiger partial charge in [-0.2, -0.15) is 0 Å². The number of para-hydroxylation sites is 2. The van der Waals surface area contributed by atoms with Crippen molar-refractivity contribution < 1.29 is 9.13 Å². The highest BCUT2D eigenvalue weighted by atomic mass is 15.4. The topological polar surface area (TPSA) is 145 Å². The van der Waals surface area contributed by atoms with Crippen LogP contribution in [-0.2, 0) is 36.5 Å². The predicted molar refractivity (Wildman–Crippen MR) is 359 cm³/mol. The van der Waals surface area contributed by atoms with Gasteiger partial charge in [-0.3, -0.25) is 40.4 Å². The zero-order valence-corrected chi connectivity index (χ0v) is 54.1. The molecule has 4 aliphatic rings.